The molecule has 1 aliphatic rings. The summed E-state index contributed by atoms with van der Waals surface area (Å²) in [6, 6.07) is 15.4. The maximum Gasteiger partial charge on any atom is 0.286 e. The second-order valence-electron chi connectivity index (χ2n) is 8.18. The van der Waals surface area contributed by atoms with Crippen LogP contribution < -0.4 is 5.32 Å². The van der Waals surface area contributed by atoms with Crippen molar-refractivity contribution in [2.24, 2.45) is 5.92 Å². The standard InChI is InChI=1S/C27H29N3O4/c1-3-18-11-13-19(14-12-18)21-16-24(34-27(33-4-2)20(21)8-7-15-31)26(32)28-17-25-29-22-9-5-6-10-23(22)30-25/h1,5-6,9-14,16,20-21,27,31H,4,7-8,15,17H2,2H3,(H,28,32)(H,29,30). The van der Waals surface area contributed by atoms with Gasteiger partial charge in [-0.15, -0.1) is 6.42 Å². The molecule has 0 saturated heterocycles. The maximum absolute atomic E-state index is 13.1. The van der Waals surface area contributed by atoms with Gasteiger partial charge in [0.2, 0.25) is 6.29 Å². The number of fused-ring (bicyclic) bond motifs is 1. The molecule has 0 radical (unpaired) electrons. The van der Waals surface area contributed by atoms with Gasteiger partial charge >= 0.3 is 0 Å². The van der Waals surface area contributed by atoms with Crippen molar-refractivity contribution in [3.63, 3.8) is 0 Å². The predicted molar refractivity (Wildman–Crippen MR) is 129 cm³/mol. The van der Waals surface area contributed by atoms with E-state index >= 15 is 0 Å². The molecular formula is C27H29N3O4. The van der Waals surface area contributed by atoms with E-state index in [-0.39, 0.29) is 36.7 Å². The molecule has 7 nitrogen and oxygen atoms in total. The molecule has 0 spiro atoms. The minimum atomic E-state index is -0.606. The average Bonchev–Trinajstić information content (AvgIpc) is 3.29. The molecular weight excluding hydrogens is 430 g/mol. The topological polar surface area (TPSA) is 96.5 Å². The molecule has 4 rings (SSSR count). The third-order valence-corrected chi connectivity index (χ3v) is 5.95. The number of carbonyl (C=O) groups excluding carboxylic acids is 1. The number of aliphatic hydroxyl groups is 1. The fourth-order valence-electron chi connectivity index (χ4n) is 4.29. The number of rotatable bonds is 9. The summed E-state index contributed by atoms with van der Waals surface area (Å²) in [6.07, 6.45) is 8.05. The first-order chi connectivity index (χ1) is 16.6. The van der Waals surface area contributed by atoms with E-state index in [4.69, 9.17) is 15.9 Å². The number of ether oxygens (including phenoxy) is 2. The molecule has 176 valence electrons. The second-order valence-corrected chi connectivity index (χ2v) is 8.18. The molecule has 3 unspecified atom stereocenters. The Morgan fingerprint density at radius 1 is 1.26 bits per heavy atom. The number of terminal acetylenes is 1. The number of hydrogen-bond donors (Lipinski definition) is 3. The third kappa shape index (κ3) is 5.30. The Morgan fingerprint density at radius 2 is 2.06 bits per heavy atom. The van der Waals surface area contributed by atoms with Crippen LogP contribution in [0, 0.1) is 18.3 Å². The monoisotopic (exact) mass is 459 g/mol. The van der Waals surface area contributed by atoms with Gasteiger partial charge < -0.3 is 24.9 Å². The number of H-pyrrole nitrogens is 1. The SMILES string of the molecule is C#Cc1ccc(C2C=C(C(=O)NCc3nc4ccccc4[nH]3)OC(OCC)C2CCCO)cc1. The lowest BCUT2D eigenvalue weighted by atomic mass is 9.80. The number of benzene rings is 2. The zero-order valence-corrected chi connectivity index (χ0v) is 19.2. The van der Waals surface area contributed by atoms with E-state index in [1.54, 1.807) is 0 Å². The summed E-state index contributed by atoms with van der Waals surface area (Å²) in [7, 11) is 0. The highest BCUT2D eigenvalue weighted by Gasteiger charge is 2.37. The Kier molecular flexibility index (Phi) is 7.63. The Bertz CT molecular complexity index is 1160. The van der Waals surface area contributed by atoms with Crippen LogP contribution in [0.25, 0.3) is 11.0 Å². The van der Waals surface area contributed by atoms with Crippen LogP contribution in [0.2, 0.25) is 0 Å². The van der Waals surface area contributed by atoms with E-state index in [1.165, 1.54) is 0 Å². The van der Waals surface area contributed by atoms with Gasteiger partial charge in [0.1, 0.15) is 5.82 Å². The molecule has 0 saturated carbocycles. The molecule has 2 aromatic carbocycles. The van der Waals surface area contributed by atoms with Crippen LogP contribution in [0.1, 0.15) is 42.6 Å². The zero-order valence-electron chi connectivity index (χ0n) is 19.2. The number of carbonyl (C=O) groups is 1. The van der Waals surface area contributed by atoms with Crippen molar-refractivity contribution in [1.82, 2.24) is 15.3 Å². The van der Waals surface area contributed by atoms with Gasteiger partial charge in [-0.3, -0.25) is 4.79 Å². The van der Waals surface area contributed by atoms with Gasteiger partial charge in [-0.05, 0) is 55.7 Å². The number of aliphatic hydroxyl groups excluding tert-OH is 1. The molecule has 1 amide bonds. The van der Waals surface area contributed by atoms with Gasteiger partial charge in [0.05, 0.1) is 17.6 Å². The maximum atomic E-state index is 13.1. The van der Waals surface area contributed by atoms with Crippen LogP contribution in [0.15, 0.2) is 60.4 Å². The van der Waals surface area contributed by atoms with E-state index in [9.17, 15) is 9.90 Å². The molecule has 7 heteroatoms. The number of amides is 1. The van der Waals surface area contributed by atoms with Crippen LogP contribution in [0.3, 0.4) is 0 Å². The lowest BCUT2D eigenvalue weighted by Gasteiger charge is -2.37. The number of aromatic amines is 1. The minimum Gasteiger partial charge on any atom is -0.459 e. The molecule has 1 aliphatic heterocycles. The van der Waals surface area contributed by atoms with Crippen molar-refractivity contribution in [3.05, 3.63) is 77.3 Å². The summed E-state index contributed by atoms with van der Waals surface area (Å²) in [6.45, 7) is 2.65. The normalized spacial score (nSPS) is 19.8. The predicted octanol–water partition coefficient (Wildman–Crippen LogP) is 3.61. The first kappa shape index (κ1) is 23.6. The van der Waals surface area contributed by atoms with Gasteiger partial charge in [-0.2, -0.15) is 0 Å². The van der Waals surface area contributed by atoms with E-state index < -0.39 is 6.29 Å². The number of imidazole rings is 1. The Morgan fingerprint density at radius 3 is 2.76 bits per heavy atom. The number of allylic oxidation sites excluding steroid dienone is 1. The first-order valence-electron chi connectivity index (χ1n) is 11.5. The molecule has 1 aromatic heterocycles. The largest absolute Gasteiger partial charge is 0.459 e. The molecule has 2 heterocycles. The molecule has 0 bridgehead atoms. The van der Waals surface area contributed by atoms with Crippen molar-refractivity contribution in [2.75, 3.05) is 13.2 Å². The minimum absolute atomic E-state index is 0.0595. The molecule has 0 fully saturated rings. The number of hydrogen-bond acceptors (Lipinski definition) is 5. The van der Waals surface area contributed by atoms with Crippen molar-refractivity contribution in [2.45, 2.75) is 38.5 Å². The highest BCUT2D eigenvalue weighted by Crippen LogP contribution is 2.39. The fourth-order valence-corrected chi connectivity index (χ4v) is 4.29. The van der Waals surface area contributed by atoms with E-state index in [0.29, 0.717) is 25.3 Å². The van der Waals surface area contributed by atoms with Crippen molar-refractivity contribution in [3.8, 4) is 12.3 Å². The van der Waals surface area contributed by atoms with Crippen LogP contribution in [-0.2, 0) is 20.8 Å². The Labute approximate surface area is 199 Å². The Balaban J connectivity index is 1.57. The Hall–Kier alpha value is -3.60. The summed E-state index contributed by atoms with van der Waals surface area (Å²) < 4.78 is 11.9. The van der Waals surface area contributed by atoms with Gasteiger partial charge in [0, 0.05) is 30.6 Å². The summed E-state index contributed by atoms with van der Waals surface area (Å²) in [4.78, 5) is 20.8. The quantitative estimate of drug-likeness (QED) is 0.425. The molecule has 3 N–H and O–H groups in total. The van der Waals surface area contributed by atoms with Crippen molar-refractivity contribution < 1.29 is 19.4 Å². The van der Waals surface area contributed by atoms with E-state index in [0.717, 1.165) is 22.2 Å². The molecule has 34 heavy (non-hydrogen) atoms. The number of para-hydroxylation sites is 2. The van der Waals surface area contributed by atoms with Gasteiger partial charge in [0.25, 0.3) is 5.91 Å². The third-order valence-electron chi connectivity index (χ3n) is 5.95. The highest BCUT2D eigenvalue weighted by molar-refractivity contribution is 5.91. The molecule has 3 atom stereocenters. The molecule has 3 aromatic rings. The van der Waals surface area contributed by atoms with Crippen LogP contribution in [0.5, 0.6) is 0 Å². The second kappa shape index (κ2) is 11.0. The summed E-state index contributed by atoms with van der Waals surface area (Å²) in [5.74, 6) is 2.97. The lowest BCUT2D eigenvalue weighted by Crippen LogP contribution is -2.39. The number of nitrogens with zero attached hydrogens (tertiary/aromatic N) is 1. The van der Waals surface area contributed by atoms with E-state index in [1.807, 2.05) is 61.5 Å². The summed E-state index contributed by atoms with van der Waals surface area (Å²) >= 11 is 0. The smallest absolute Gasteiger partial charge is 0.286 e. The van der Waals surface area contributed by atoms with Crippen molar-refractivity contribution >= 4 is 16.9 Å². The van der Waals surface area contributed by atoms with Crippen molar-refractivity contribution in [1.29, 1.82) is 0 Å². The fraction of sp³-hybridized carbons (Fsp3) is 0.333. The molecule has 0 aliphatic carbocycles. The summed E-state index contributed by atoms with van der Waals surface area (Å²) in [5.41, 5.74) is 3.56. The van der Waals surface area contributed by atoms with Gasteiger partial charge in [-0.1, -0.05) is 30.2 Å². The highest BCUT2D eigenvalue weighted by atomic mass is 16.7. The van der Waals surface area contributed by atoms with Crippen LogP contribution >= 0.6 is 0 Å². The van der Waals surface area contributed by atoms with E-state index in [2.05, 4.69) is 21.2 Å². The number of nitrogens with one attached hydrogen (secondary N) is 2. The average molecular weight is 460 g/mol. The first-order valence-corrected chi connectivity index (χ1v) is 11.5. The zero-order chi connectivity index (χ0) is 23.9. The number of aromatic nitrogens is 2. The lowest BCUT2D eigenvalue weighted by molar-refractivity contribution is -0.166. The summed E-state index contributed by atoms with van der Waals surface area (Å²) in [5, 5.41) is 12.3. The van der Waals surface area contributed by atoms with Crippen LogP contribution in [-0.4, -0.2) is 40.5 Å². The van der Waals surface area contributed by atoms with Gasteiger partial charge in [0.15, 0.2) is 5.76 Å². The van der Waals surface area contributed by atoms with Crippen LogP contribution in [0.4, 0.5) is 0 Å². The van der Waals surface area contributed by atoms with Gasteiger partial charge in [-0.25, -0.2) is 4.98 Å².